The first-order valence-corrected chi connectivity index (χ1v) is 5.09. The summed E-state index contributed by atoms with van der Waals surface area (Å²) in [5.41, 5.74) is 0.364. The summed E-state index contributed by atoms with van der Waals surface area (Å²) in [5, 5.41) is 12.1. The van der Waals surface area contributed by atoms with E-state index in [1.807, 2.05) is 6.07 Å². The lowest BCUT2D eigenvalue weighted by atomic mass is 10.1. The second kappa shape index (κ2) is 4.76. The van der Waals surface area contributed by atoms with Crippen molar-refractivity contribution >= 4 is 0 Å². The molecule has 0 amide bonds. The Morgan fingerprint density at radius 3 is 3.33 bits per heavy atom. The average molecular weight is 203 g/mol. The van der Waals surface area contributed by atoms with Crippen LogP contribution in [0.2, 0.25) is 0 Å². The van der Waals surface area contributed by atoms with Gasteiger partial charge in [-0.25, -0.2) is 4.98 Å². The van der Waals surface area contributed by atoms with E-state index >= 15 is 0 Å². The SMILES string of the molecule is N#Cc1ncccc1OCC1CCNC1. The Hall–Kier alpha value is -1.60. The molecule has 0 aromatic carbocycles. The van der Waals surface area contributed by atoms with E-state index in [-0.39, 0.29) is 0 Å². The molecule has 1 saturated heterocycles. The number of nitrogens with zero attached hydrogens (tertiary/aromatic N) is 2. The standard InChI is InChI=1S/C11H13N3O/c12-6-10-11(2-1-4-14-10)15-8-9-3-5-13-7-9/h1-2,4,9,13H,3,5,7-8H2. The van der Waals surface area contributed by atoms with Gasteiger partial charge in [0.15, 0.2) is 11.4 Å². The lowest BCUT2D eigenvalue weighted by Gasteiger charge is -2.10. The monoisotopic (exact) mass is 203 g/mol. The molecule has 1 aliphatic rings. The summed E-state index contributed by atoms with van der Waals surface area (Å²) in [6.07, 6.45) is 2.74. The Balaban J connectivity index is 1.95. The molecule has 0 saturated carbocycles. The van der Waals surface area contributed by atoms with Crippen LogP contribution in [0.15, 0.2) is 18.3 Å². The molecular weight excluding hydrogens is 190 g/mol. The van der Waals surface area contributed by atoms with Crippen molar-refractivity contribution in [1.29, 1.82) is 5.26 Å². The summed E-state index contributed by atoms with van der Waals surface area (Å²) in [6.45, 7) is 2.72. The van der Waals surface area contributed by atoms with Crippen LogP contribution in [0.3, 0.4) is 0 Å². The molecule has 1 aromatic rings. The van der Waals surface area contributed by atoms with Crippen molar-refractivity contribution in [3.8, 4) is 11.8 Å². The minimum Gasteiger partial charge on any atom is -0.490 e. The van der Waals surface area contributed by atoms with Crippen LogP contribution >= 0.6 is 0 Å². The van der Waals surface area contributed by atoms with E-state index in [0.29, 0.717) is 24.0 Å². The predicted molar refractivity (Wildman–Crippen MR) is 55.4 cm³/mol. The van der Waals surface area contributed by atoms with Crippen LogP contribution in [0.1, 0.15) is 12.1 Å². The zero-order valence-corrected chi connectivity index (χ0v) is 8.44. The largest absolute Gasteiger partial charge is 0.490 e. The summed E-state index contributed by atoms with van der Waals surface area (Å²) in [7, 11) is 0. The molecule has 2 rings (SSSR count). The van der Waals surface area contributed by atoms with E-state index in [2.05, 4.69) is 10.3 Å². The lowest BCUT2D eigenvalue weighted by molar-refractivity contribution is 0.258. The number of rotatable bonds is 3. The molecule has 1 N–H and O–H groups in total. The number of nitriles is 1. The highest BCUT2D eigenvalue weighted by molar-refractivity contribution is 5.36. The van der Waals surface area contributed by atoms with E-state index in [0.717, 1.165) is 19.5 Å². The Labute approximate surface area is 88.9 Å². The first-order valence-electron chi connectivity index (χ1n) is 5.09. The van der Waals surface area contributed by atoms with Crippen LogP contribution in [-0.4, -0.2) is 24.7 Å². The smallest absolute Gasteiger partial charge is 0.182 e. The van der Waals surface area contributed by atoms with Gasteiger partial charge in [0.05, 0.1) is 6.61 Å². The maximum Gasteiger partial charge on any atom is 0.182 e. The van der Waals surface area contributed by atoms with Crippen LogP contribution in [0.25, 0.3) is 0 Å². The fraction of sp³-hybridized carbons (Fsp3) is 0.455. The molecule has 1 atom stereocenters. The van der Waals surface area contributed by atoms with Crippen molar-refractivity contribution in [1.82, 2.24) is 10.3 Å². The number of ether oxygens (including phenoxy) is 1. The highest BCUT2D eigenvalue weighted by atomic mass is 16.5. The molecule has 1 unspecified atom stereocenters. The highest BCUT2D eigenvalue weighted by Crippen LogP contribution is 2.16. The van der Waals surface area contributed by atoms with Crippen molar-refractivity contribution in [2.24, 2.45) is 5.92 Å². The molecular formula is C11H13N3O. The summed E-state index contributed by atoms with van der Waals surface area (Å²) in [4.78, 5) is 3.94. The number of hydrogen-bond acceptors (Lipinski definition) is 4. The second-order valence-electron chi connectivity index (χ2n) is 3.63. The van der Waals surface area contributed by atoms with E-state index in [1.54, 1.807) is 18.3 Å². The van der Waals surface area contributed by atoms with Crippen molar-refractivity contribution in [3.05, 3.63) is 24.0 Å². The van der Waals surface area contributed by atoms with Gasteiger partial charge >= 0.3 is 0 Å². The Morgan fingerprint density at radius 2 is 2.60 bits per heavy atom. The second-order valence-corrected chi connectivity index (χ2v) is 3.63. The number of nitrogens with one attached hydrogen (secondary N) is 1. The van der Waals surface area contributed by atoms with Crippen LogP contribution in [0.5, 0.6) is 5.75 Å². The summed E-state index contributed by atoms with van der Waals surface area (Å²) >= 11 is 0. The van der Waals surface area contributed by atoms with Crippen LogP contribution in [-0.2, 0) is 0 Å². The van der Waals surface area contributed by atoms with E-state index in [1.165, 1.54) is 0 Å². The molecule has 15 heavy (non-hydrogen) atoms. The van der Waals surface area contributed by atoms with Crippen LogP contribution in [0.4, 0.5) is 0 Å². The molecule has 1 aliphatic heterocycles. The number of aromatic nitrogens is 1. The molecule has 0 radical (unpaired) electrons. The maximum atomic E-state index is 8.81. The quantitative estimate of drug-likeness (QED) is 0.794. The first-order chi connectivity index (χ1) is 7.40. The minimum absolute atomic E-state index is 0.364. The van der Waals surface area contributed by atoms with Gasteiger partial charge in [-0.3, -0.25) is 0 Å². The van der Waals surface area contributed by atoms with Crippen molar-refractivity contribution in [2.45, 2.75) is 6.42 Å². The minimum atomic E-state index is 0.364. The zero-order valence-electron chi connectivity index (χ0n) is 8.44. The Bertz CT molecular complexity index is 366. The van der Waals surface area contributed by atoms with Gasteiger partial charge in [-0.05, 0) is 25.1 Å². The molecule has 1 aromatic heterocycles. The third-order valence-electron chi connectivity index (χ3n) is 2.51. The van der Waals surface area contributed by atoms with Gasteiger partial charge in [-0.15, -0.1) is 0 Å². The molecule has 2 heterocycles. The summed E-state index contributed by atoms with van der Waals surface area (Å²) in [6, 6.07) is 5.59. The lowest BCUT2D eigenvalue weighted by Crippen LogP contribution is -2.15. The molecule has 4 nitrogen and oxygen atoms in total. The zero-order chi connectivity index (χ0) is 10.5. The molecule has 0 bridgehead atoms. The van der Waals surface area contributed by atoms with Gasteiger partial charge in [0.1, 0.15) is 6.07 Å². The van der Waals surface area contributed by atoms with Crippen molar-refractivity contribution in [3.63, 3.8) is 0 Å². The summed E-state index contributed by atoms with van der Waals surface area (Å²) in [5.74, 6) is 1.14. The van der Waals surface area contributed by atoms with E-state index in [9.17, 15) is 0 Å². The van der Waals surface area contributed by atoms with Gasteiger partial charge in [-0.2, -0.15) is 5.26 Å². The van der Waals surface area contributed by atoms with E-state index in [4.69, 9.17) is 10.00 Å². The summed E-state index contributed by atoms with van der Waals surface area (Å²) < 4.78 is 5.59. The third kappa shape index (κ3) is 2.45. The molecule has 0 spiro atoms. The van der Waals surface area contributed by atoms with Gasteiger partial charge < -0.3 is 10.1 Å². The normalized spacial score (nSPS) is 19.8. The van der Waals surface area contributed by atoms with Crippen molar-refractivity contribution < 1.29 is 4.74 Å². The Morgan fingerprint density at radius 1 is 1.67 bits per heavy atom. The molecule has 78 valence electrons. The first kappa shape index (κ1) is 9.94. The van der Waals surface area contributed by atoms with Crippen LogP contribution < -0.4 is 10.1 Å². The number of pyridine rings is 1. The van der Waals surface area contributed by atoms with Gasteiger partial charge in [0.2, 0.25) is 0 Å². The molecule has 0 aliphatic carbocycles. The highest BCUT2D eigenvalue weighted by Gasteiger charge is 2.15. The third-order valence-corrected chi connectivity index (χ3v) is 2.51. The molecule has 1 fully saturated rings. The van der Waals surface area contributed by atoms with Gasteiger partial charge in [-0.1, -0.05) is 0 Å². The number of hydrogen-bond donors (Lipinski definition) is 1. The van der Waals surface area contributed by atoms with Crippen molar-refractivity contribution in [2.75, 3.05) is 19.7 Å². The fourth-order valence-corrected chi connectivity index (χ4v) is 1.66. The maximum absolute atomic E-state index is 8.81. The predicted octanol–water partition coefficient (Wildman–Crippen LogP) is 0.942. The average Bonchev–Trinajstić information content (AvgIpc) is 2.79. The van der Waals surface area contributed by atoms with Gasteiger partial charge in [0.25, 0.3) is 0 Å². The van der Waals surface area contributed by atoms with Gasteiger partial charge in [0, 0.05) is 18.7 Å². The topological polar surface area (TPSA) is 57.9 Å². The van der Waals surface area contributed by atoms with E-state index < -0.39 is 0 Å². The fourth-order valence-electron chi connectivity index (χ4n) is 1.66. The Kier molecular flexibility index (Phi) is 3.15. The molecule has 4 heteroatoms. The van der Waals surface area contributed by atoms with Crippen LogP contribution in [0, 0.1) is 17.2 Å².